The summed E-state index contributed by atoms with van der Waals surface area (Å²) in [6.45, 7) is 4.42. The lowest BCUT2D eigenvalue weighted by molar-refractivity contribution is -0.130. The molecule has 13 nitrogen and oxygen atoms in total. The van der Waals surface area contributed by atoms with Gasteiger partial charge in [-0.15, -0.1) is 11.3 Å². The predicted octanol–water partition coefficient (Wildman–Crippen LogP) is 4.63. The number of fused-ring (bicyclic) bond motifs is 2. The highest BCUT2D eigenvalue weighted by atomic mass is 32.2. The first-order valence-electron chi connectivity index (χ1n) is 17.1. The number of sulfonamides is 1. The third kappa shape index (κ3) is 7.96. The van der Waals surface area contributed by atoms with Crippen LogP contribution in [0.1, 0.15) is 70.4 Å². The van der Waals surface area contributed by atoms with Crippen molar-refractivity contribution in [2.24, 2.45) is 5.92 Å². The lowest BCUT2D eigenvalue weighted by Gasteiger charge is -2.26. The maximum atomic E-state index is 15.5. The lowest BCUT2D eigenvalue weighted by Crippen LogP contribution is -2.58. The fourth-order valence-corrected chi connectivity index (χ4v) is 8.33. The van der Waals surface area contributed by atoms with Crippen LogP contribution in [-0.4, -0.2) is 85.3 Å². The summed E-state index contributed by atoms with van der Waals surface area (Å²) in [7, 11) is -0.869. The Bertz CT molecular complexity index is 1960. The number of nitrogens with zero attached hydrogens (tertiary/aromatic N) is 3. The zero-order chi connectivity index (χ0) is 36.5. The molecule has 2 saturated carbocycles. The minimum Gasteiger partial charge on any atom is -0.494 e. The van der Waals surface area contributed by atoms with Crippen LogP contribution in [0.5, 0.6) is 11.5 Å². The van der Waals surface area contributed by atoms with E-state index in [1.54, 1.807) is 19.2 Å². The number of allylic oxidation sites excluding steroid dienone is 1. The number of amides is 4. The molecular weight excluding hydrogens is 700 g/mol. The Balaban J connectivity index is 1.27. The first-order chi connectivity index (χ1) is 24.3. The number of methoxy groups -OCH3 is 1. The van der Waals surface area contributed by atoms with Crippen molar-refractivity contribution in [1.82, 2.24) is 30.2 Å². The van der Waals surface area contributed by atoms with E-state index in [0.717, 1.165) is 18.5 Å². The molecule has 2 aromatic heterocycles. The molecule has 51 heavy (non-hydrogen) atoms. The van der Waals surface area contributed by atoms with Crippen molar-refractivity contribution in [3.8, 4) is 22.2 Å². The van der Waals surface area contributed by atoms with Gasteiger partial charge in [0.25, 0.3) is 5.91 Å². The summed E-state index contributed by atoms with van der Waals surface area (Å²) in [6, 6.07) is 3.13. The number of aromatic nitrogens is 2. The molecule has 0 saturated heterocycles. The predicted molar refractivity (Wildman–Crippen MR) is 191 cm³/mol. The van der Waals surface area contributed by atoms with E-state index in [1.807, 2.05) is 31.4 Å². The van der Waals surface area contributed by atoms with E-state index < -0.39 is 56.4 Å². The summed E-state index contributed by atoms with van der Waals surface area (Å²) in [6.07, 6.45) is 7.15. The number of halogens is 1. The number of thiazole rings is 1. The molecular formula is C35H43FN6O7S2. The molecule has 3 heterocycles. The summed E-state index contributed by atoms with van der Waals surface area (Å²) >= 11 is 1.38. The maximum Gasteiger partial charge on any atom is 0.317 e. The van der Waals surface area contributed by atoms with Gasteiger partial charge in [-0.3, -0.25) is 14.3 Å². The largest absolute Gasteiger partial charge is 0.494 e. The molecule has 6 rings (SSSR count). The minimum atomic E-state index is -3.87. The molecule has 3 N–H and O–H groups in total. The summed E-state index contributed by atoms with van der Waals surface area (Å²) < 4.78 is 54.5. The highest BCUT2D eigenvalue weighted by molar-refractivity contribution is 7.91. The lowest BCUT2D eigenvalue weighted by atomic mass is 10.1. The number of rotatable bonds is 10. The van der Waals surface area contributed by atoms with Gasteiger partial charge in [0.2, 0.25) is 15.9 Å². The quantitative estimate of drug-likeness (QED) is 0.251. The van der Waals surface area contributed by atoms with Crippen LogP contribution in [0.4, 0.5) is 9.18 Å². The number of benzene rings is 1. The van der Waals surface area contributed by atoms with E-state index in [4.69, 9.17) is 9.47 Å². The second-order valence-corrected chi connectivity index (χ2v) is 16.5. The number of urea groups is 1. The van der Waals surface area contributed by atoms with Crippen molar-refractivity contribution >= 4 is 50.1 Å². The summed E-state index contributed by atoms with van der Waals surface area (Å²) in [4.78, 5) is 51.4. The molecule has 2 fully saturated rings. The molecule has 2 aliphatic carbocycles. The van der Waals surface area contributed by atoms with Crippen molar-refractivity contribution in [1.29, 1.82) is 0 Å². The summed E-state index contributed by atoms with van der Waals surface area (Å²) in [5, 5.41) is 7.82. The SMILES string of the molecule is COc1ccc2c(OCC[C@@H]3NC(=O)N(C)CCCC/C=C\[C@@H]4C[C@@]4(C(=O)NS(=O)(=O)C4CC4)NC3=O)cc(-c3nc(C(C)C)cs3)nc2c1F. The molecule has 1 aromatic carbocycles. The minimum absolute atomic E-state index is 0.0134. The number of ether oxygens (including phenoxy) is 2. The molecule has 3 atom stereocenters. The van der Waals surface area contributed by atoms with E-state index in [-0.39, 0.29) is 42.4 Å². The first kappa shape index (κ1) is 36.5. The zero-order valence-electron chi connectivity index (χ0n) is 29.0. The van der Waals surface area contributed by atoms with Crippen molar-refractivity contribution in [2.75, 3.05) is 27.3 Å². The van der Waals surface area contributed by atoms with Gasteiger partial charge < -0.3 is 25.0 Å². The Morgan fingerprint density at radius 3 is 2.69 bits per heavy atom. The normalized spacial score (nSPS) is 23.5. The van der Waals surface area contributed by atoms with Crippen molar-refractivity contribution in [3.05, 3.63) is 47.2 Å². The monoisotopic (exact) mass is 742 g/mol. The first-order valence-corrected chi connectivity index (χ1v) is 19.6. The molecule has 0 bridgehead atoms. The second kappa shape index (κ2) is 14.7. The summed E-state index contributed by atoms with van der Waals surface area (Å²) in [5.74, 6) is -2.05. The molecule has 0 unspecified atom stereocenters. The Morgan fingerprint density at radius 1 is 1.20 bits per heavy atom. The van der Waals surface area contributed by atoms with Gasteiger partial charge in [0.05, 0.1) is 24.7 Å². The number of hydrogen-bond acceptors (Lipinski definition) is 10. The van der Waals surface area contributed by atoms with Gasteiger partial charge in [-0.25, -0.2) is 27.6 Å². The van der Waals surface area contributed by atoms with E-state index >= 15 is 4.39 Å². The van der Waals surface area contributed by atoms with Crippen molar-refractivity contribution in [3.63, 3.8) is 0 Å². The van der Waals surface area contributed by atoms with E-state index in [0.29, 0.717) is 41.9 Å². The Hall–Kier alpha value is -4.31. The van der Waals surface area contributed by atoms with Crippen LogP contribution >= 0.6 is 11.3 Å². The number of hydrogen-bond donors (Lipinski definition) is 3. The maximum absolute atomic E-state index is 15.5. The highest BCUT2D eigenvalue weighted by Crippen LogP contribution is 2.46. The third-order valence-corrected chi connectivity index (χ3v) is 12.2. The Labute approximate surface area is 300 Å². The van der Waals surface area contributed by atoms with Crippen molar-refractivity contribution in [2.45, 2.75) is 81.5 Å². The Morgan fingerprint density at radius 2 is 1.98 bits per heavy atom. The fraction of sp³-hybridized carbons (Fsp3) is 0.514. The van der Waals surface area contributed by atoms with Crippen LogP contribution in [0.15, 0.2) is 35.7 Å². The zero-order valence-corrected chi connectivity index (χ0v) is 30.7. The van der Waals surface area contributed by atoms with E-state index in [2.05, 4.69) is 25.3 Å². The van der Waals surface area contributed by atoms with Crippen LogP contribution in [-0.2, 0) is 19.6 Å². The standard InChI is InChI=1S/C35H43FN6O7S2/c1-20(2)26-19-50-32(38-26)25-17-28(23-12-13-27(48-4)29(36)30(23)37-25)49-16-14-24-31(43)40-35(33(44)41-51(46,47)22-10-11-22)18-21(35)9-7-5-6-8-15-42(3)34(45)39-24/h7,9,12-13,17,19-22,24H,5-6,8,10-11,14-16,18H2,1-4H3,(H,39,45)(H,40,43)(H,41,44)/b9-7-/t21-,24+,35-/m1/s1. The number of pyridine rings is 1. The van der Waals surface area contributed by atoms with Gasteiger partial charge in [0.15, 0.2) is 11.6 Å². The fourth-order valence-electron chi connectivity index (χ4n) is 6.02. The van der Waals surface area contributed by atoms with Gasteiger partial charge in [-0.05, 0) is 56.6 Å². The van der Waals surface area contributed by atoms with Gasteiger partial charge in [-0.2, -0.15) is 0 Å². The molecule has 16 heteroatoms. The van der Waals surface area contributed by atoms with Gasteiger partial charge in [0.1, 0.15) is 33.5 Å². The van der Waals surface area contributed by atoms with Gasteiger partial charge in [-0.1, -0.05) is 26.0 Å². The average Bonchev–Trinajstić information content (AvgIpc) is 4.01. The number of carbonyl (C=O) groups excluding carboxylic acids is 3. The van der Waals surface area contributed by atoms with Crippen LogP contribution in [0.3, 0.4) is 0 Å². The van der Waals surface area contributed by atoms with Crippen LogP contribution < -0.4 is 24.8 Å². The van der Waals surface area contributed by atoms with Gasteiger partial charge in [0, 0.05) is 42.8 Å². The number of carbonyl (C=O) groups is 3. The molecule has 0 spiro atoms. The van der Waals surface area contributed by atoms with Crippen LogP contribution in [0, 0.1) is 11.7 Å². The molecule has 4 amide bonds. The smallest absolute Gasteiger partial charge is 0.317 e. The molecule has 274 valence electrons. The molecule has 1 aliphatic heterocycles. The van der Waals surface area contributed by atoms with E-state index in [9.17, 15) is 22.8 Å². The topological polar surface area (TPSA) is 169 Å². The van der Waals surface area contributed by atoms with Crippen molar-refractivity contribution < 1.29 is 36.7 Å². The second-order valence-electron chi connectivity index (χ2n) is 13.6. The molecule has 0 radical (unpaired) electrons. The average molecular weight is 743 g/mol. The molecule has 3 aliphatic rings. The highest BCUT2D eigenvalue weighted by Gasteiger charge is 2.61. The van der Waals surface area contributed by atoms with Gasteiger partial charge >= 0.3 is 6.03 Å². The molecule has 3 aromatic rings. The van der Waals surface area contributed by atoms with Crippen LogP contribution in [0.25, 0.3) is 21.6 Å². The summed E-state index contributed by atoms with van der Waals surface area (Å²) in [5.41, 5.74) is -0.189. The Kier molecular flexibility index (Phi) is 10.5. The van der Waals surface area contributed by atoms with Crippen LogP contribution in [0.2, 0.25) is 0 Å². The number of nitrogens with one attached hydrogen (secondary N) is 3. The third-order valence-electron chi connectivity index (χ3n) is 9.47. The van der Waals surface area contributed by atoms with E-state index in [1.165, 1.54) is 29.4 Å².